The van der Waals surface area contributed by atoms with Gasteiger partial charge in [-0.05, 0) is 11.6 Å². The van der Waals surface area contributed by atoms with E-state index in [1.807, 2.05) is 0 Å². The lowest BCUT2D eigenvalue weighted by Crippen LogP contribution is -2.53. The minimum Gasteiger partial charge on any atom is -0.480 e. The van der Waals surface area contributed by atoms with Crippen LogP contribution in [-0.4, -0.2) is 57.6 Å². The van der Waals surface area contributed by atoms with Gasteiger partial charge in [-0.2, -0.15) is 0 Å². The molecule has 1 aliphatic rings. The zero-order valence-corrected chi connectivity index (χ0v) is 12.6. The number of carbonyl (C=O) groups is 2. The van der Waals surface area contributed by atoms with Crippen LogP contribution in [-0.2, 0) is 20.7 Å². The summed E-state index contributed by atoms with van der Waals surface area (Å²) in [5, 5.41) is 20.7. The molecule has 126 valence electrons. The van der Waals surface area contributed by atoms with E-state index in [9.17, 15) is 24.8 Å². The van der Waals surface area contributed by atoms with Gasteiger partial charge in [-0.25, -0.2) is 4.79 Å². The number of nitrogens with one attached hydrogen (secondary N) is 1. The van der Waals surface area contributed by atoms with Gasteiger partial charge < -0.3 is 19.7 Å². The molecule has 0 bridgehead atoms. The first-order valence-corrected chi connectivity index (χ1v) is 7.32. The number of carbonyl (C=O) groups excluding carboxylic acids is 1. The Balaban J connectivity index is 1.86. The fourth-order valence-corrected chi connectivity index (χ4v) is 2.80. The summed E-state index contributed by atoms with van der Waals surface area (Å²) in [4.78, 5) is 38.4. The second kappa shape index (κ2) is 6.28. The first kappa shape index (κ1) is 15.9. The van der Waals surface area contributed by atoms with E-state index in [-0.39, 0.29) is 37.8 Å². The third kappa shape index (κ3) is 2.93. The zero-order chi connectivity index (χ0) is 17.3. The standard InChI is InChI=1S/C15H15N3O6/c19-14(17-3-4-24-8-13(17)15(20)21)5-9-7-16-12-2-1-10(18(22)23)6-11(9)12/h1-2,6-7,13,16H,3-5,8H2,(H,20,21). The number of hydrogen-bond donors (Lipinski definition) is 2. The number of nitrogens with zero attached hydrogens (tertiary/aromatic N) is 2. The lowest BCUT2D eigenvalue weighted by molar-refractivity contribution is -0.384. The van der Waals surface area contributed by atoms with Gasteiger partial charge >= 0.3 is 5.97 Å². The summed E-state index contributed by atoms with van der Waals surface area (Å²) in [5.74, 6) is -1.46. The number of nitro benzene ring substituents is 1. The molecule has 1 saturated heterocycles. The largest absolute Gasteiger partial charge is 0.480 e. The molecule has 0 radical (unpaired) electrons. The van der Waals surface area contributed by atoms with Crippen molar-refractivity contribution in [3.05, 3.63) is 40.1 Å². The van der Waals surface area contributed by atoms with Crippen molar-refractivity contribution in [2.75, 3.05) is 19.8 Å². The lowest BCUT2D eigenvalue weighted by Gasteiger charge is -2.32. The number of H-pyrrole nitrogens is 1. The number of aliphatic carboxylic acids is 1. The summed E-state index contributed by atoms with van der Waals surface area (Å²) in [7, 11) is 0. The van der Waals surface area contributed by atoms with Crippen molar-refractivity contribution < 1.29 is 24.4 Å². The molecule has 24 heavy (non-hydrogen) atoms. The average Bonchev–Trinajstić information content (AvgIpc) is 2.97. The second-order valence-corrected chi connectivity index (χ2v) is 5.49. The van der Waals surface area contributed by atoms with Crippen molar-refractivity contribution in [2.24, 2.45) is 0 Å². The van der Waals surface area contributed by atoms with Gasteiger partial charge in [-0.15, -0.1) is 0 Å². The van der Waals surface area contributed by atoms with Crippen molar-refractivity contribution in [3.63, 3.8) is 0 Å². The summed E-state index contributed by atoms with van der Waals surface area (Å²) in [6.45, 7) is 0.452. The van der Waals surface area contributed by atoms with Gasteiger partial charge in [0, 0.05) is 35.8 Å². The van der Waals surface area contributed by atoms with Gasteiger partial charge in [0.15, 0.2) is 6.04 Å². The van der Waals surface area contributed by atoms with Crippen LogP contribution in [0.4, 0.5) is 5.69 Å². The number of carboxylic acid groups (broad SMARTS) is 1. The molecule has 1 aliphatic heterocycles. The molecular weight excluding hydrogens is 318 g/mol. The number of morpholine rings is 1. The number of non-ortho nitro benzene ring substituents is 1. The molecule has 0 spiro atoms. The molecule has 1 atom stereocenters. The van der Waals surface area contributed by atoms with Gasteiger partial charge in [0.05, 0.1) is 24.6 Å². The number of aromatic amines is 1. The number of aromatic nitrogens is 1. The number of hydrogen-bond acceptors (Lipinski definition) is 5. The fourth-order valence-electron chi connectivity index (χ4n) is 2.80. The van der Waals surface area contributed by atoms with Crippen molar-refractivity contribution >= 4 is 28.5 Å². The van der Waals surface area contributed by atoms with Crippen LogP contribution < -0.4 is 0 Å². The highest BCUT2D eigenvalue weighted by molar-refractivity contribution is 5.91. The van der Waals surface area contributed by atoms with Crippen LogP contribution in [0.25, 0.3) is 10.9 Å². The number of ether oxygens (including phenoxy) is 1. The summed E-state index contributed by atoms with van der Waals surface area (Å²) in [6, 6.07) is 3.36. The quantitative estimate of drug-likeness (QED) is 0.633. The van der Waals surface area contributed by atoms with Crippen molar-refractivity contribution in [2.45, 2.75) is 12.5 Å². The molecule has 9 nitrogen and oxygen atoms in total. The van der Waals surface area contributed by atoms with Crippen LogP contribution in [0.2, 0.25) is 0 Å². The van der Waals surface area contributed by atoms with Crippen LogP contribution in [0.3, 0.4) is 0 Å². The molecule has 2 N–H and O–H groups in total. The third-order valence-corrected chi connectivity index (χ3v) is 4.04. The Morgan fingerprint density at radius 2 is 2.25 bits per heavy atom. The molecule has 2 heterocycles. The number of nitro groups is 1. The molecule has 2 aromatic rings. The van der Waals surface area contributed by atoms with E-state index in [0.29, 0.717) is 16.5 Å². The van der Waals surface area contributed by atoms with E-state index < -0.39 is 16.9 Å². The number of amides is 1. The van der Waals surface area contributed by atoms with E-state index in [4.69, 9.17) is 4.74 Å². The Labute approximate surface area is 136 Å². The third-order valence-electron chi connectivity index (χ3n) is 4.04. The van der Waals surface area contributed by atoms with Gasteiger partial charge in [-0.1, -0.05) is 0 Å². The number of fused-ring (bicyclic) bond motifs is 1. The Morgan fingerprint density at radius 3 is 2.96 bits per heavy atom. The maximum atomic E-state index is 12.5. The van der Waals surface area contributed by atoms with Crippen LogP contribution in [0.15, 0.2) is 24.4 Å². The van der Waals surface area contributed by atoms with E-state index >= 15 is 0 Å². The van der Waals surface area contributed by atoms with Crippen LogP contribution >= 0.6 is 0 Å². The molecule has 1 aromatic heterocycles. The van der Waals surface area contributed by atoms with Gasteiger partial charge in [-0.3, -0.25) is 14.9 Å². The van der Waals surface area contributed by atoms with Crippen LogP contribution in [0, 0.1) is 10.1 Å². The van der Waals surface area contributed by atoms with Crippen LogP contribution in [0.5, 0.6) is 0 Å². The second-order valence-electron chi connectivity index (χ2n) is 5.49. The average molecular weight is 333 g/mol. The highest BCUT2D eigenvalue weighted by Crippen LogP contribution is 2.24. The van der Waals surface area contributed by atoms with E-state index in [0.717, 1.165) is 0 Å². The molecule has 9 heteroatoms. The zero-order valence-electron chi connectivity index (χ0n) is 12.6. The van der Waals surface area contributed by atoms with E-state index in [2.05, 4.69) is 4.98 Å². The fraction of sp³-hybridized carbons (Fsp3) is 0.333. The Morgan fingerprint density at radius 1 is 1.46 bits per heavy atom. The predicted octanol–water partition coefficient (Wildman–Crippen LogP) is 0.931. The molecular formula is C15H15N3O6. The van der Waals surface area contributed by atoms with E-state index in [1.165, 1.54) is 17.0 Å². The Bertz CT molecular complexity index is 815. The summed E-state index contributed by atoms with van der Waals surface area (Å²) in [6.07, 6.45) is 1.58. The van der Waals surface area contributed by atoms with Gasteiger partial charge in [0.25, 0.3) is 5.69 Å². The molecule has 3 rings (SSSR count). The highest BCUT2D eigenvalue weighted by Gasteiger charge is 2.32. The molecule has 0 saturated carbocycles. The topological polar surface area (TPSA) is 126 Å². The van der Waals surface area contributed by atoms with Gasteiger partial charge in [0.1, 0.15) is 0 Å². The number of rotatable bonds is 4. The molecule has 1 unspecified atom stereocenters. The summed E-state index contributed by atoms with van der Waals surface area (Å²) in [5.41, 5.74) is 1.21. The predicted molar refractivity (Wildman–Crippen MR) is 82.6 cm³/mol. The molecule has 1 aromatic carbocycles. The maximum Gasteiger partial charge on any atom is 0.328 e. The van der Waals surface area contributed by atoms with E-state index in [1.54, 1.807) is 12.3 Å². The summed E-state index contributed by atoms with van der Waals surface area (Å²) < 4.78 is 5.12. The first-order chi connectivity index (χ1) is 11.5. The smallest absolute Gasteiger partial charge is 0.328 e. The maximum absolute atomic E-state index is 12.5. The van der Waals surface area contributed by atoms with Gasteiger partial charge in [0.2, 0.25) is 5.91 Å². The molecule has 0 aliphatic carbocycles. The molecule has 1 fully saturated rings. The van der Waals surface area contributed by atoms with Crippen molar-refractivity contribution in [3.8, 4) is 0 Å². The van der Waals surface area contributed by atoms with Crippen molar-refractivity contribution in [1.29, 1.82) is 0 Å². The monoisotopic (exact) mass is 333 g/mol. The minimum absolute atomic E-state index is 0.0368. The van der Waals surface area contributed by atoms with Crippen LogP contribution in [0.1, 0.15) is 5.56 Å². The SMILES string of the molecule is O=C(O)C1COCCN1C(=O)Cc1c[nH]c2ccc([N+](=O)[O-])cc12. The number of benzene rings is 1. The summed E-state index contributed by atoms with van der Waals surface area (Å²) >= 11 is 0. The lowest BCUT2D eigenvalue weighted by atomic mass is 10.1. The first-order valence-electron chi connectivity index (χ1n) is 7.32. The Hall–Kier alpha value is -2.94. The Kier molecular flexibility index (Phi) is 4.17. The number of carboxylic acids is 1. The normalized spacial score (nSPS) is 17.8. The molecule has 1 amide bonds. The van der Waals surface area contributed by atoms with Crippen molar-refractivity contribution in [1.82, 2.24) is 9.88 Å². The minimum atomic E-state index is -1.11. The highest BCUT2D eigenvalue weighted by atomic mass is 16.6.